The van der Waals surface area contributed by atoms with Crippen LogP contribution in [0.15, 0.2) is 28.2 Å². The molecule has 1 fully saturated rings. The molecule has 114 valence electrons. The molecule has 2 rings (SSSR count). The third-order valence-corrected chi connectivity index (χ3v) is 3.72. The van der Waals surface area contributed by atoms with Gasteiger partial charge >= 0.3 is 0 Å². The van der Waals surface area contributed by atoms with Crippen LogP contribution < -0.4 is 22.1 Å². The summed E-state index contributed by atoms with van der Waals surface area (Å²) in [5.74, 6) is 0.525. The van der Waals surface area contributed by atoms with Crippen molar-refractivity contribution < 1.29 is 0 Å². The number of hydrogen-bond acceptors (Lipinski definition) is 2. The maximum atomic E-state index is 6.36. The predicted molar refractivity (Wildman–Crippen MR) is 89.2 cm³/mol. The Morgan fingerprint density at radius 3 is 2.76 bits per heavy atom. The van der Waals surface area contributed by atoms with Crippen molar-refractivity contribution in [2.24, 2.45) is 33.1 Å². The summed E-state index contributed by atoms with van der Waals surface area (Å²) in [4.78, 5) is 10.3. The molecule has 6 N–H and O–H groups in total. The molecule has 0 aromatic heterocycles. The smallest absolute Gasteiger partial charge is 0.223 e. The van der Waals surface area contributed by atoms with Crippen molar-refractivity contribution in [3.05, 3.63) is 23.2 Å². The standard InChI is InChI=1S/C14H21ClN6/c1-9-4-3-7-21(8-9)12-10(15)5-2-6-11(12)19-14(18)20-13(16)17/h2,5-6,9H,3-4,7-8H2,1H3,(H6,16,17,18,19,20). The Morgan fingerprint density at radius 1 is 1.33 bits per heavy atom. The van der Waals surface area contributed by atoms with Crippen LogP contribution in [0, 0.1) is 5.92 Å². The number of rotatable bonds is 2. The average Bonchev–Trinajstić information content (AvgIpc) is 2.37. The van der Waals surface area contributed by atoms with Gasteiger partial charge in [0.25, 0.3) is 0 Å². The summed E-state index contributed by atoms with van der Waals surface area (Å²) in [6, 6.07) is 5.54. The third kappa shape index (κ3) is 4.01. The first-order valence-electron chi connectivity index (χ1n) is 6.94. The van der Waals surface area contributed by atoms with E-state index in [2.05, 4.69) is 21.8 Å². The van der Waals surface area contributed by atoms with Gasteiger partial charge in [0.2, 0.25) is 5.96 Å². The Balaban J connectivity index is 2.38. The first-order valence-corrected chi connectivity index (χ1v) is 7.32. The van der Waals surface area contributed by atoms with Crippen LogP contribution in [0.25, 0.3) is 0 Å². The molecule has 0 bridgehead atoms. The SMILES string of the molecule is CC1CCCN(c2c(Cl)cccc2N=C(N)N=C(N)N)C1. The van der Waals surface area contributed by atoms with Gasteiger partial charge in [0.05, 0.1) is 16.4 Å². The van der Waals surface area contributed by atoms with Crippen molar-refractivity contribution in [1.82, 2.24) is 0 Å². The van der Waals surface area contributed by atoms with Gasteiger partial charge in [0.15, 0.2) is 5.96 Å². The van der Waals surface area contributed by atoms with Crippen LogP contribution in [0.3, 0.4) is 0 Å². The minimum absolute atomic E-state index is 0.0172. The van der Waals surface area contributed by atoms with Gasteiger partial charge in [-0.3, -0.25) is 0 Å². The van der Waals surface area contributed by atoms with Crippen LogP contribution in [-0.2, 0) is 0 Å². The first kappa shape index (κ1) is 15.4. The fourth-order valence-corrected chi connectivity index (χ4v) is 2.87. The molecule has 1 aliphatic heterocycles. The van der Waals surface area contributed by atoms with E-state index in [1.165, 1.54) is 6.42 Å². The molecule has 7 heteroatoms. The van der Waals surface area contributed by atoms with Crippen molar-refractivity contribution in [3.63, 3.8) is 0 Å². The summed E-state index contributed by atoms with van der Waals surface area (Å²) < 4.78 is 0. The number of para-hydroxylation sites is 1. The normalized spacial score (nSPS) is 19.4. The molecule has 1 aromatic carbocycles. The van der Waals surface area contributed by atoms with E-state index in [0.29, 0.717) is 16.6 Å². The van der Waals surface area contributed by atoms with Crippen LogP contribution in [0.4, 0.5) is 11.4 Å². The maximum absolute atomic E-state index is 6.36. The second-order valence-electron chi connectivity index (χ2n) is 5.31. The summed E-state index contributed by atoms with van der Waals surface area (Å²) >= 11 is 6.36. The first-order chi connectivity index (χ1) is 9.97. The highest BCUT2D eigenvalue weighted by atomic mass is 35.5. The molecule has 6 nitrogen and oxygen atoms in total. The summed E-state index contributed by atoms with van der Waals surface area (Å²) in [5, 5.41) is 0.655. The number of aliphatic imine (C=N–C) groups is 2. The predicted octanol–water partition coefficient (Wildman–Crippen LogP) is 1.80. The van der Waals surface area contributed by atoms with Gasteiger partial charge in [-0.15, -0.1) is 0 Å². The summed E-state index contributed by atoms with van der Waals surface area (Å²) in [5.41, 5.74) is 17.9. The fraction of sp³-hybridized carbons (Fsp3) is 0.429. The van der Waals surface area contributed by atoms with E-state index in [4.69, 9.17) is 28.8 Å². The van der Waals surface area contributed by atoms with Crippen LogP contribution >= 0.6 is 11.6 Å². The van der Waals surface area contributed by atoms with E-state index in [0.717, 1.165) is 25.2 Å². The molecule has 0 saturated carbocycles. The van der Waals surface area contributed by atoms with Gasteiger partial charge in [-0.25, -0.2) is 4.99 Å². The summed E-state index contributed by atoms with van der Waals surface area (Å²) in [7, 11) is 0. The van der Waals surface area contributed by atoms with Crippen molar-refractivity contribution in [2.75, 3.05) is 18.0 Å². The lowest BCUT2D eigenvalue weighted by atomic mass is 9.99. The van der Waals surface area contributed by atoms with E-state index in [1.807, 2.05) is 18.2 Å². The van der Waals surface area contributed by atoms with E-state index >= 15 is 0 Å². The number of hydrogen-bond donors (Lipinski definition) is 3. The van der Waals surface area contributed by atoms with E-state index in [1.54, 1.807) is 0 Å². The van der Waals surface area contributed by atoms with Crippen molar-refractivity contribution in [3.8, 4) is 0 Å². The molecule has 1 saturated heterocycles. The Labute approximate surface area is 129 Å². The minimum Gasteiger partial charge on any atom is -0.370 e. The molecule has 1 unspecified atom stereocenters. The van der Waals surface area contributed by atoms with Gasteiger partial charge in [0.1, 0.15) is 0 Å². The van der Waals surface area contributed by atoms with Crippen molar-refractivity contribution in [2.45, 2.75) is 19.8 Å². The Hall–Kier alpha value is -1.95. The molecule has 1 aliphatic rings. The number of benzene rings is 1. The van der Waals surface area contributed by atoms with Crippen LogP contribution in [-0.4, -0.2) is 25.0 Å². The molecule has 0 radical (unpaired) electrons. The molecule has 1 aromatic rings. The van der Waals surface area contributed by atoms with Gasteiger partial charge < -0.3 is 22.1 Å². The van der Waals surface area contributed by atoms with Gasteiger partial charge in [0, 0.05) is 13.1 Å². The van der Waals surface area contributed by atoms with Crippen molar-refractivity contribution >= 4 is 34.9 Å². The Morgan fingerprint density at radius 2 is 2.10 bits per heavy atom. The fourth-order valence-electron chi connectivity index (χ4n) is 2.58. The quantitative estimate of drug-likeness (QED) is 0.572. The highest BCUT2D eigenvalue weighted by molar-refractivity contribution is 6.34. The summed E-state index contributed by atoms with van der Waals surface area (Å²) in [6.07, 6.45) is 2.37. The monoisotopic (exact) mass is 308 g/mol. The molecule has 0 aliphatic carbocycles. The summed E-state index contributed by atoms with van der Waals surface area (Å²) in [6.45, 7) is 4.15. The van der Waals surface area contributed by atoms with Crippen molar-refractivity contribution in [1.29, 1.82) is 0 Å². The van der Waals surface area contributed by atoms with Crippen LogP contribution in [0.1, 0.15) is 19.8 Å². The van der Waals surface area contributed by atoms with Gasteiger partial charge in [-0.1, -0.05) is 24.6 Å². The zero-order valence-electron chi connectivity index (χ0n) is 12.1. The third-order valence-electron chi connectivity index (χ3n) is 3.42. The van der Waals surface area contributed by atoms with Gasteiger partial charge in [-0.2, -0.15) is 4.99 Å². The van der Waals surface area contributed by atoms with E-state index in [9.17, 15) is 0 Å². The number of halogens is 1. The molecule has 0 spiro atoms. The lowest BCUT2D eigenvalue weighted by Crippen LogP contribution is -2.34. The number of anilines is 1. The van der Waals surface area contributed by atoms with Gasteiger partial charge in [-0.05, 0) is 30.9 Å². The molecule has 21 heavy (non-hydrogen) atoms. The van der Waals surface area contributed by atoms with Crippen LogP contribution in [0.5, 0.6) is 0 Å². The largest absolute Gasteiger partial charge is 0.370 e. The molecular formula is C14H21ClN6. The van der Waals surface area contributed by atoms with E-state index < -0.39 is 0 Å². The molecular weight excluding hydrogens is 288 g/mol. The average molecular weight is 309 g/mol. The number of guanidine groups is 2. The second-order valence-corrected chi connectivity index (χ2v) is 5.71. The van der Waals surface area contributed by atoms with E-state index in [-0.39, 0.29) is 11.9 Å². The number of piperidine rings is 1. The highest BCUT2D eigenvalue weighted by Crippen LogP contribution is 2.38. The topological polar surface area (TPSA) is 106 Å². The van der Waals surface area contributed by atoms with Crippen LogP contribution in [0.2, 0.25) is 5.02 Å². The molecule has 1 heterocycles. The number of nitrogens with zero attached hydrogens (tertiary/aromatic N) is 3. The maximum Gasteiger partial charge on any atom is 0.223 e. The lowest BCUT2D eigenvalue weighted by Gasteiger charge is -2.34. The lowest BCUT2D eigenvalue weighted by molar-refractivity contribution is 0.447. The number of nitrogens with two attached hydrogens (primary N) is 3. The Kier molecular flexibility index (Phi) is 4.90. The molecule has 0 amide bonds. The molecule has 1 atom stereocenters. The minimum atomic E-state index is -0.119. The Bertz CT molecular complexity index is 565. The second kappa shape index (κ2) is 6.67. The zero-order valence-corrected chi connectivity index (χ0v) is 12.8. The highest BCUT2D eigenvalue weighted by Gasteiger charge is 2.21. The zero-order chi connectivity index (χ0) is 15.4.